The fourth-order valence-corrected chi connectivity index (χ4v) is 3.55. The Labute approximate surface area is 142 Å². The minimum atomic E-state index is -0.857. The van der Waals surface area contributed by atoms with Crippen LogP contribution in [0.15, 0.2) is 42.6 Å². The van der Waals surface area contributed by atoms with Crippen molar-refractivity contribution in [2.24, 2.45) is 0 Å². The standard InChI is InChI=1S/C19H15F2N3O/c1-19(9-25-10-19)18-6-11-4-16-12(8-22-23-16)5-17(11)24(18)13-2-3-14(20)15(21)7-13/h2-8H,9-10H2,1H3,(H,22,23). The van der Waals surface area contributed by atoms with Crippen molar-refractivity contribution in [1.29, 1.82) is 0 Å². The molecule has 0 bridgehead atoms. The molecule has 4 nitrogen and oxygen atoms in total. The molecule has 126 valence electrons. The second-order valence-corrected chi connectivity index (χ2v) is 6.89. The van der Waals surface area contributed by atoms with Crippen molar-refractivity contribution in [1.82, 2.24) is 14.8 Å². The molecule has 1 N–H and O–H groups in total. The van der Waals surface area contributed by atoms with Crippen LogP contribution >= 0.6 is 0 Å². The van der Waals surface area contributed by atoms with Gasteiger partial charge in [0.05, 0.1) is 35.9 Å². The minimum absolute atomic E-state index is 0.157. The third kappa shape index (κ3) is 2.04. The highest BCUT2D eigenvalue weighted by molar-refractivity contribution is 5.96. The number of fused-ring (bicyclic) bond motifs is 2. The molecular weight excluding hydrogens is 324 g/mol. The third-order valence-electron chi connectivity index (χ3n) is 4.98. The van der Waals surface area contributed by atoms with Gasteiger partial charge >= 0.3 is 0 Å². The highest BCUT2D eigenvalue weighted by Crippen LogP contribution is 2.38. The van der Waals surface area contributed by atoms with Crippen LogP contribution in [0.3, 0.4) is 0 Å². The van der Waals surface area contributed by atoms with Crippen LogP contribution in [0.1, 0.15) is 12.6 Å². The molecule has 2 aromatic heterocycles. The number of H-pyrrole nitrogens is 1. The van der Waals surface area contributed by atoms with Crippen molar-refractivity contribution >= 4 is 21.8 Å². The number of nitrogens with one attached hydrogen (secondary N) is 1. The van der Waals surface area contributed by atoms with Crippen molar-refractivity contribution in [3.63, 3.8) is 0 Å². The molecule has 0 saturated carbocycles. The van der Waals surface area contributed by atoms with Gasteiger partial charge in [0, 0.05) is 28.2 Å². The van der Waals surface area contributed by atoms with Gasteiger partial charge in [-0.15, -0.1) is 0 Å². The number of halogens is 2. The fraction of sp³-hybridized carbons (Fsp3) is 0.211. The molecule has 0 unspecified atom stereocenters. The lowest BCUT2D eigenvalue weighted by atomic mass is 9.84. The molecule has 1 aliphatic heterocycles. The first-order chi connectivity index (χ1) is 12.0. The number of rotatable bonds is 2. The highest BCUT2D eigenvalue weighted by atomic mass is 19.2. The maximum absolute atomic E-state index is 13.9. The number of benzene rings is 2. The predicted molar refractivity (Wildman–Crippen MR) is 91.0 cm³/mol. The van der Waals surface area contributed by atoms with E-state index in [1.54, 1.807) is 12.3 Å². The van der Waals surface area contributed by atoms with Crippen LogP contribution in [-0.4, -0.2) is 28.0 Å². The summed E-state index contributed by atoms with van der Waals surface area (Å²) in [5.41, 5.74) is 3.34. The fourth-order valence-electron chi connectivity index (χ4n) is 3.55. The number of ether oxygens (including phenoxy) is 1. The molecule has 5 rings (SSSR count). The summed E-state index contributed by atoms with van der Waals surface area (Å²) in [5, 5.41) is 9.02. The van der Waals surface area contributed by atoms with Gasteiger partial charge in [-0.3, -0.25) is 5.10 Å². The molecule has 0 atom stereocenters. The van der Waals surface area contributed by atoms with E-state index in [1.165, 1.54) is 6.07 Å². The summed E-state index contributed by atoms with van der Waals surface area (Å²) in [5.74, 6) is -1.71. The summed E-state index contributed by atoms with van der Waals surface area (Å²) in [6.45, 7) is 3.33. The van der Waals surface area contributed by atoms with Crippen LogP contribution in [0.2, 0.25) is 0 Å². The van der Waals surface area contributed by atoms with E-state index < -0.39 is 11.6 Å². The van der Waals surface area contributed by atoms with Crippen LogP contribution in [0.4, 0.5) is 8.78 Å². The average Bonchev–Trinajstić information content (AvgIpc) is 3.16. The van der Waals surface area contributed by atoms with Crippen LogP contribution in [0.5, 0.6) is 0 Å². The monoisotopic (exact) mass is 339 g/mol. The van der Waals surface area contributed by atoms with E-state index in [-0.39, 0.29) is 5.41 Å². The zero-order valence-electron chi connectivity index (χ0n) is 13.5. The van der Waals surface area contributed by atoms with Crippen molar-refractivity contribution < 1.29 is 13.5 Å². The molecular formula is C19H15F2N3O. The van der Waals surface area contributed by atoms with Gasteiger partial charge in [-0.05, 0) is 37.3 Å². The summed E-state index contributed by atoms with van der Waals surface area (Å²) >= 11 is 0. The van der Waals surface area contributed by atoms with Crippen molar-refractivity contribution in [2.45, 2.75) is 12.3 Å². The molecule has 2 aromatic carbocycles. The highest BCUT2D eigenvalue weighted by Gasteiger charge is 2.38. The van der Waals surface area contributed by atoms with E-state index in [0.717, 1.165) is 33.6 Å². The first-order valence-electron chi connectivity index (χ1n) is 8.07. The van der Waals surface area contributed by atoms with Crippen LogP contribution in [0.25, 0.3) is 27.5 Å². The Morgan fingerprint density at radius 1 is 1.08 bits per heavy atom. The summed E-state index contributed by atoms with van der Waals surface area (Å²) < 4.78 is 34.7. The second kappa shape index (κ2) is 4.89. The Morgan fingerprint density at radius 3 is 2.64 bits per heavy atom. The van der Waals surface area contributed by atoms with Gasteiger partial charge in [0.1, 0.15) is 0 Å². The normalized spacial score (nSPS) is 16.4. The zero-order valence-corrected chi connectivity index (χ0v) is 13.5. The van der Waals surface area contributed by atoms with Gasteiger partial charge < -0.3 is 9.30 Å². The van der Waals surface area contributed by atoms with E-state index in [9.17, 15) is 8.78 Å². The lowest BCUT2D eigenvalue weighted by Gasteiger charge is -2.39. The third-order valence-corrected chi connectivity index (χ3v) is 4.98. The lowest BCUT2D eigenvalue weighted by Crippen LogP contribution is -2.45. The largest absolute Gasteiger partial charge is 0.379 e. The Bertz CT molecular complexity index is 1120. The molecule has 25 heavy (non-hydrogen) atoms. The van der Waals surface area contributed by atoms with Crippen LogP contribution in [0, 0.1) is 11.6 Å². The molecule has 0 amide bonds. The van der Waals surface area contributed by atoms with Crippen molar-refractivity contribution in [3.05, 3.63) is 59.9 Å². The maximum Gasteiger partial charge on any atom is 0.160 e. The van der Waals surface area contributed by atoms with Gasteiger partial charge in [0.2, 0.25) is 0 Å². The molecule has 1 aliphatic rings. The number of hydrogen-bond acceptors (Lipinski definition) is 2. The maximum atomic E-state index is 13.9. The Kier molecular flexibility index (Phi) is 2.86. The molecule has 4 aromatic rings. The average molecular weight is 339 g/mol. The Morgan fingerprint density at radius 2 is 1.92 bits per heavy atom. The van der Waals surface area contributed by atoms with Crippen LogP contribution < -0.4 is 0 Å². The SMILES string of the molecule is CC1(c2cc3cc4[nH]ncc4cc3n2-c2ccc(F)c(F)c2)COC1. The molecule has 0 aliphatic carbocycles. The van der Waals surface area contributed by atoms with Crippen molar-refractivity contribution in [2.75, 3.05) is 13.2 Å². The predicted octanol–water partition coefficient (Wildman–Crippen LogP) is 4.07. The number of hydrogen-bond donors (Lipinski definition) is 1. The quantitative estimate of drug-likeness (QED) is 0.598. The van der Waals surface area contributed by atoms with E-state index in [1.807, 2.05) is 16.7 Å². The molecule has 0 spiro atoms. The molecule has 1 saturated heterocycles. The first-order valence-corrected chi connectivity index (χ1v) is 8.07. The second-order valence-electron chi connectivity index (χ2n) is 6.89. The van der Waals surface area contributed by atoms with Gasteiger partial charge in [0.25, 0.3) is 0 Å². The Balaban J connectivity index is 1.86. The van der Waals surface area contributed by atoms with E-state index >= 15 is 0 Å². The molecule has 6 heteroatoms. The van der Waals surface area contributed by atoms with Gasteiger partial charge in [-0.25, -0.2) is 8.78 Å². The van der Waals surface area contributed by atoms with Gasteiger partial charge in [-0.2, -0.15) is 5.10 Å². The number of aromatic nitrogens is 3. The summed E-state index contributed by atoms with van der Waals surface area (Å²) in [7, 11) is 0. The van der Waals surface area contributed by atoms with E-state index in [2.05, 4.69) is 23.2 Å². The smallest absolute Gasteiger partial charge is 0.160 e. The summed E-state index contributed by atoms with van der Waals surface area (Å²) in [4.78, 5) is 0. The summed E-state index contributed by atoms with van der Waals surface area (Å²) in [6, 6.07) is 10.1. The first kappa shape index (κ1) is 14.6. The van der Waals surface area contributed by atoms with Gasteiger partial charge in [-0.1, -0.05) is 0 Å². The molecule has 0 radical (unpaired) electrons. The molecule has 3 heterocycles. The van der Waals surface area contributed by atoms with E-state index in [0.29, 0.717) is 18.9 Å². The molecule has 1 fully saturated rings. The number of nitrogens with zero attached hydrogens (tertiary/aromatic N) is 2. The Hall–Kier alpha value is -2.73. The van der Waals surface area contributed by atoms with E-state index in [4.69, 9.17) is 4.74 Å². The number of aromatic amines is 1. The summed E-state index contributed by atoms with van der Waals surface area (Å²) in [6.07, 6.45) is 1.76. The zero-order chi connectivity index (χ0) is 17.2. The van der Waals surface area contributed by atoms with Crippen molar-refractivity contribution in [3.8, 4) is 5.69 Å². The lowest BCUT2D eigenvalue weighted by molar-refractivity contribution is -0.0526. The topological polar surface area (TPSA) is 42.8 Å². The van der Waals surface area contributed by atoms with Gasteiger partial charge in [0.15, 0.2) is 11.6 Å². The minimum Gasteiger partial charge on any atom is -0.379 e. The van der Waals surface area contributed by atoms with Crippen LogP contribution in [-0.2, 0) is 10.2 Å².